The average molecular weight is 363 g/mol. The highest BCUT2D eigenvalue weighted by Gasteiger charge is 2.34. The number of allylic oxidation sites excluding steroid dienone is 1. The SMILES string of the molecule is C=C1CCC(C(=O)CCc2ccc(F)cc2C(F)(F)F)c2cccnc21. The first-order valence-corrected chi connectivity index (χ1v) is 8.29. The Hall–Kier alpha value is -2.50. The van der Waals surface area contributed by atoms with Crippen LogP contribution in [-0.4, -0.2) is 10.8 Å². The second-order valence-electron chi connectivity index (χ2n) is 6.40. The summed E-state index contributed by atoms with van der Waals surface area (Å²) < 4.78 is 52.4. The van der Waals surface area contributed by atoms with E-state index in [0.29, 0.717) is 24.6 Å². The van der Waals surface area contributed by atoms with Gasteiger partial charge in [-0.15, -0.1) is 0 Å². The van der Waals surface area contributed by atoms with Crippen molar-refractivity contribution in [2.75, 3.05) is 0 Å². The molecule has 1 atom stereocenters. The van der Waals surface area contributed by atoms with Gasteiger partial charge in [-0.05, 0) is 54.2 Å². The maximum Gasteiger partial charge on any atom is 0.416 e. The first-order valence-electron chi connectivity index (χ1n) is 8.29. The van der Waals surface area contributed by atoms with Gasteiger partial charge in [-0.3, -0.25) is 9.78 Å². The molecule has 0 amide bonds. The van der Waals surface area contributed by atoms with Crippen LogP contribution in [0.5, 0.6) is 0 Å². The van der Waals surface area contributed by atoms with Gasteiger partial charge in [0.2, 0.25) is 0 Å². The largest absolute Gasteiger partial charge is 0.416 e. The summed E-state index contributed by atoms with van der Waals surface area (Å²) in [4.78, 5) is 16.9. The van der Waals surface area contributed by atoms with Crippen molar-refractivity contribution in [3.05, 3.63) is 71.3 Å². The number of carbonyl (C=O) groups is 1. The minimum absolute atomic E-state index is 0.0415. The summed E-state index contributed by atoms with van der Waals surface area (Å²) in [6.45, 7) is 3.96. The van der Waals surface area contributed by atoms with Crippen molar-refractivity contribution in [3.8, 4) is 0 Å². The summed E-state index contributed by atoms with van der Waals surface area (Å²) in [6.07, 6.45) is -1.94. The fourth-order valence-electron chi connectivity index (χ4n) is 3.38. The van der Waals surface area contributed by atoms with E-state index in [4.69, 9.17) is 0 Å². The number of fused-ring (bicyclic) bond motifs is 1. The van der Waals surface area contributed by atoms with Gasteiger partial charge < -0.3 is 0 Å². The molecule has 1 aliphatic rings. The minimum atomic E-state index is -4.65. The van der Waals surface area contributed by atoms with E-state index >= 15 is 0 Å². The van der Waals surface area contributed by atoms with Crippen LogP contribution < -0.4 is 0 Å². The third-order valence-corrected chi connectivity index (χ3v) is 4.69. The van der Waals surface area contributed by atoms with Gasteiger partial charge in [-0.1, -0.05) is 18.7 Å². The van der Waals surface area contributed by atoms with Crippen molar-refractivity contribution in [2.24, 2.45) is 0 Å². The zero-order valence-corrected chi connectivity index (χ0v) is 13.9. The van der Waals surface area contributed by atoms with E-state index in [0.717, 1.165) is 23.3 Å². The third-order valence-electron chi connectivity index (χ3n) is 4.69. The number of pyridine rings is 1. The molecule has 26 heavy (non-hydrogen) atoms. The third kappa shape index (κ3) is 3.69. The van der Waals surface area contributed by atoms with Crippen molar-refractivity contribution in [1.82, 2.24) is 4.98 Å². The zero-order chi connectivity index (χ0) is 18.9. The predicted octanol–water partition coefficient (Wildman–Crippen LogP) is 5.33. The lowest BCUT2D eigenvalue weighted by molar-refractivity contribution is -0.138. The Balaban J connectivity index is 1.79. The minimum Gasteiger partial charge on any atom is -0.299 e. The molecule has 1 heterocycles. The fourth-order valence-corrected chi connectivity index (χ4v) is 3.38. The number of alkyl halides is 3. The molecule has 0 spiro atoms. The number of rotatable bonds is 4. The molecular formula is C20H17F4NO. The molecule has 136 valence electrons. The number of nitrogens with zero attached hydrogens (tertiary/aromatic N) is 1. The summed E-state index contributed by atoms with van der Waals surface area (Å²) in [5.41, 5.74) is 1.25. The lowest BCUT2D eigenvalue weighted by Crippen LogP contribution is -2.20. The highest BCUT2D eigenvalue weighted by molar-refractivity contribution is 5.88. The van der Waals surface area contributed by atoms with Crippen molar-refractivity contribution < 1.29 is 22.4 Å². The van der Waals surface area contributed by atoms with E-state index < -0.39 is 17.6 Å². The second kappa shape index (κ2) is 7.02. The molecule has 0 fully saturated rings. The lowest BCUT2D eigenvalue weighted by Gasteiger charge is -2.25. The smallest absolute Gasteiger partial charge is 0.299 e. The molecule has 2 nitrogen and oxygen atoms in total. The summed E-state index contributed by atoms with van der Waals surface area (Å²) in [7, 11) is 0. The standard InChI is InChI=1S/C20H17F4NO/c1-12-4-8-15(16-3-2-10-25-19(12)16)18(26)9-6-13-5-7-14(21)11-17(13)20(22,23)24/h2-3,5,7,10-11,15H,1,4,6,8-9H2. The monoisotopic (exact) mass is 363 g/mol. The number of halogens is 4. The van der Waals surface area contributed by atoms with Gasteiger partial charge in [0.25, 0.3) is 0 Å². The van der Waals surface area contributed by atoms with Crippen LogP contribution in [0.15, 0.2) is 43.1 Å². The topological polar surface area (TPSA) is 30.0 Å². The van der Waals surface area contributed by atoms with Gasteiger partial charge in [0.15, 0.2) is 0 Å². The van der Waals surface area contributed by atoms with Crippen molar-refractivity contribution in [2.45, 2.75) is 37.8 Å². The number of ketones is 1. The van der Waals surface area contributed by atoms with E-state index in [-0.39, 0.29) is 30.1 Å². The average Bonchev–Trinajstić information content (AvgIpc) is 2.60. The molecule has 6 heteroatoms. The summed E-state index contributed by atoms with van der Waals surface area (Å²) in [5.74, 6) is -1.47. The molecule has 1 aliphatic carbocycles. The lowest BCUT2D eigenvalue weighted by atomic mass is 9.79. The molecule has 0 saturated carbocycles. The van der Waals surface area contributed by atoms with Gasteiger partial charge >= 0.3 is 6.18 Å². The molecule has 2 aromatic rings. The zero-order valence-electron chi connectivity index (χ0n) is 13.9. The Morgan fingerprint density at radius 2 is 2.04 bits per heavy atom. The molecule has 1 unspecified atom stereocenters. The first-order chi connectivity index (χ1) is 12.3. The molecule has 0 N–H and O–H groups in total. The van der Waals surface area contributed by atoms with Crippen LogP contribution in [0.1, 0.15) is 47.6 Å². The van der Waals surface area contributed by atoms with Gasteiger partial charge in [-0.25, -0.2) is 4.39 Å². The Morgan fingerprint density at radius 1 is 1.27 bits per heavy atom. The van der Waals surface area contributed by atoms with Crippen LogP contribution in [-0.2, 0) is 17.4 Å². The molecule has 0 aliphatic heterocycles. The van der Waals surface area contributed by atoms with Gasteiger partial charge in [0, 0.05) is 18.5 Å². The highest BCUT2D eigenvalue weighted by Crippen LogP contribution is 2.38. The fraction of sp³-hybridized carbons (Fsp3) is 0.300. The van der Waals surface area contributed by atoms with Crippen LogP contribution >= 0.6 is 0 Å². The Kier molecular flexibility index (Phi) is 4.94. The van der Waals surface area contributed by atoms with Crippen LogP contribution in [0, 0.1) is 5.82 Å². The Labute approximate surface area is 148 Å². The Bertz CT molecular complexity index is 857. The molecule has 3 rings (SSSR count). The van der Waals surface area contributed by atoms with Crippen LogP contribution in [0.4, 0.5) is 17.6 Å². The number of hydrogen-bond acceptors (Lipinski definition) is 2. The van der Waals surface area contributed by atoms with Crippen molar-refractivity contribution in [1.29, 1.82) is 0 Å². The predicted molar refractivity (Wildman–Crippen MR) is 90.0 cm³/mol. The number of benzene rings is 1. The first kappa shape index (κ1) is 18.3. The number of aryl methyl sites for hydroxylation is 1. The van der Waals surface area contributed by atoms with Crippen LogP contribution in [0.2, 0.25) is 0 Å². The molecule has 1 aromatic heterocycles. The Morgan fingerprint density at radius 3 is 2.77 bits per heavy atom. The highest BCUT2D eigenvalue weighted by atomic mass is 19.4. The summed E-state index contributed by atoms with van der Waals surface area (Å²) in [5, 5.41) is 0. The van der Waals surface area contributed by atoms with Gasteiger partial charge in [0.1, 0.15) is 11.6 Å². The van der Waals surface area contributed by atoms with Crippen LogP contribution in [0.25, 0.3) is 5.57 Å². The van der Waals surface area contributed by atoms with Crippen molar-refractivity contribution in [3.63, 3.8) is 0 Å². The number of Topliss-reactive ketones (excluding diaryl/α,β-unsaturated/α-hetero) is 1. The summed E-state index contributed by atoms with van der Waals surface area (Å²) >= 11 is 0. The van der Waals surface area contributed by atoms with E-state index in [1.165, 1.54) is 0 Å². The normalized spacial score (nSPS) is 17.1. The van der Waals surface area contributed by atoms with Gasteiger partial charge in [-0.2, -0.15) is 13.2 Å². The molecular weight excluding hydrogens is 346 g/mol. The number of aromatic nitrogens is 1. The van der Waals surface area contributed by atoms with Gasteiger partial charge in [0.05, 0.1) is 11.3 Å². The van der Waals surface area contributed by atoms with E-state index in [1.807, 2.05) is 6.07 Å². The van der Waals surface area contributed by atoms with E-state index in [9.17, 15) is 22.4 Å². The maximum atomic E-state index is 13.2. The molecule has 1 aromatic carbocycles. The van der Waals surface area contributed by atoms with E-state index in [2.05, 4.69) is 11.6 Å². The van der Waals surface area contributed by atoms with Crippen LogP contribution in [0.3, 0.4) is 0 Å². The second-order valence-corrected chi connectivity index (χ2v) is 6.40. The number of hydrogen-bond donors (Lipinski definition) is 0. The molecule has 0 bridgehead atoms. The van der Waals surface area contributed by atoms with E-state index in [1.54, 1.807) is 12.3 Å². The number of carbonyl (C=O) groups excluding carboxylic acids is 1. The molecule has 0 radical (unpaired) electrons. The quantitative estimate of drug-likeness (QED) is 0.687. The molecule has 0 saturated heterocycles. The maximum absolute atomic E-state index is 13.2. The van der Waals surface area contributed by atoms with Crippen molar-refractivity contribution >= 4 is 11.4 Å². The summed E-state index contributed by atoms with van der Waals surface area (Å²) in [6, 6.07) is 6.11.